The zero-order valence-corrected chi connectivity index (χ0v) is 11.6. The average molecular weight is 270 g/mol. The molecule has 0 aliphatic heterocycles. The molecule has 1 amide bonds. The fraction of sp³-hybridized carbons (Fsp3) is 0.667. The SMILES string of the molecule is COCCN(CCO)C(=O)c1n[nH]c(C(C)C)c1N. The van der Waals surface area contributed by atoms with Crippen molar-refractivity contribution in [2.24, 2.45) is 0 Å². The molecule has 1 aromatic rings. The van der Waals surface area contributed by atoms with Crippen LogP contribution in [0.3, 0.4) is 0 Å². The third-order valence-corrected chi connectivity index (χ3v) is 2.84. The fourth-order valence-electron chi connectivity index (χ4n) is 1.75. The number of H-pyrrole nitrogens is 1. The summed E-state index contributed by atoms with van der Waals surface area (Å²) >= 11 is 0. The predicted molar refractivity (Wildman–Crippen MR) is 72.0 cm³/mol. The van der Waals surface area contributed by atoms with Crippen molar-refractivity contribution in [3.05, 3.63) is 11.4 Å². The Morgan fingerprint density at radius 3 is 2.68 bits per heavy atom. The van der Waals surface area contributed by atoms with Crippen molar-refractivity contribution in [2.45, 2.75) is 19.8 Å². The number of rotatable bonds is 7. The van der Waals surface area contributed by atoms with Gasteiger partial charge in [0.1, 0.15) is 0 Å². The van der Waals surface area contributed by atoms with E-state index in [4.69, 9.17) is 15.6 Å². The van der Waals surface area contributed by atoms with Gasteiger partial charge in [0.25, 0.3) is 5.91 Å². The highest BCUT2D eigenvalue weighted by Gasteiger charge is 2.23. The van der Waals surface area contributed by atoms with Crippen LogP contribution in [0.1, 0.15) is 35.9 Å². The van der Waals surface area contributed by atoms with Crippen LogP contribution >= 0.6 is 0 Å². The molecular formula is C12H22N4O3. The van der Waals surface area contributed by atoms with Crippen LogP contribution in [0, 0.1) is 0 Å². The number of anilines is 1. The number of nitrogens with two attached hydrogens (primary N) is 1. The summed E-state index contributed by atoms with van der Waals surface area (Å²) in [6, 6.07) is 0. The number of methoxy groups -OCH3 is 1. The molecule has 0 saturated carbocycles. The largest absolute Gasteiger partial charge is 0.395 e. The number of aliphatic hydroxyl groups is 1. The van der Waals surface area contributed by atoms with Crippen LogP contribution in [0.25, 0.3) is 0 Å². The molecule has 0 saturated heterocycles. The molecule has 0 radical (unpaired) electrons. The summed E-state index contributed by atoms with van der Waals surface area (Å²) in [6.45, 7) is 4.83. The van der Waals surface area contributed by atoms with Gasteiger partial charge in [-0.25, -0.2) is 0 Å². The van der Waals surface area contributed by atoms with E-state index in [9.17, 15) is 4.79 Å². The first-order valence-electron chi connectivity index (χ1n) is 6.25. The maximum Gasteiger partial charge on any atom is 0.276 e. The standard InChI is InChI=1S/C12H22N4O3/c1-8(2)10-9(13)11(15-14-10)12(18)16(4-6-17)5-7-19-3/h8,17H,4-7,13H2,1-3H3,(H,14,15). The molecule has 0 bridgehead atoms. The van der Waals surface area contributed by atoms with Gasteiger partial charge in [-0.1, -0.05) is 13.8 Å². The normalized spacial score (nSPS) is 11.0. The zero-order valence-electron chi connectivity index (χ0n) is 11.6. The number of hydrogen-bond acceptors (Lipinski definition) is 5. The number of aromatic nitrogens is 2. The van der Waals surface area contributed by atoms with Gasteiger partial charge < -0.3 is 20.5 Å². The van der Waals surface area contributed by atoms with Crippen LogP contribution in [0.4, 0.5) is 5.69 Å². The maximum atomic E-state index is 12.3. The first-order valence-corrected chi connectivity index (χ1v) is 6.25. The second-order valence-corrected chi connectivity index (χ2v) is 4.56. The van der Waals surface area contributed by atoms with Gasteiger partial charge in [0, 0.05) is 20.2 Å². The number of ether oxygens (including phenoxy) is 1. The lowest BCUT2D eigenvalue weighted by Gasteiger charge is -2.20. The summed E-state index contributed by atoms with van der Waals surface area (Å²) in [6.07, 6.45) is 0. The van der Waals surface area contributed by atoms with E-state index >= 15 is 0 Å². The minimum absolute atomic E-state index is 0.114. The number of hydrogen-bond donors (Lipinski definition) is 3. The van der Waals surface area contributed by atoms with Crippen molar-refractivity contribution < 1.29 is 14.6 Å². The fourth-order valence-corrected chi connectivity index (χ4v) is 1.75. The van der Waals surface area contributed by atoms with Gasteiger partial charge in [0.2, 0.25) is 0 Å². The Bertz CT molecular complexity index is 417. The van der Waals surface area contributed by atoms with Gasteiger partial charge in [0.05, 0.1) is 24.6 Å². The number of nitrogens with zero attached hydrogens (tertiary/aromatic N) is 2. The highest BCUT2D eigenvalue weighted by Crippen LogP contribution is 2.22. The number of aliphatic hydroxyl groups excluding tert-OH is 1. The Kier molecular flexibility index (Phi) is 5.78. The van der Waals surface area contributed by atoms with Crippen LogP contribution in [0.5, 0.6) is 0 Å². The molecule has 0 aliphatic rings. The summed E-state index contributed by atoms with van der Waals surface area (Å²) in [5, 5.41) is 15.8. The summed E-state index contributed by atoms with van der Waals surface area (Å²) in [4.78, 5) is 13.8. The van der Waals surface area contributed by atoms with Crippen molar-refractivity contribution >= 4 is 11.6 Å². The molecule has 0 atom stereocenters. The molecule has 0 unspecified atom stereocenters. The topological polar surface area (TPSA) is 104 Å². The lowest BCUT2D eigenvalue weighted by atomic mass is 10.1. The van der Waals surface area contributed by atoms with Gasteiger partial charge in [-0.3, -0.25) is 9.89 Å². The molecule has 108 valence electrons. The minimum atomic E-state index is -0.299. The van der Waals surface area contributed by atoms with Gasteiger partial charge >= 0.3 is 0 Å². The second-order valence-electron chi connectivity index (χ2n) is 4.56. The predicted octanol–water partition coefficient (Wildman–Crippen LogP) is 0.196. The molecule has 0 spiro atoms. The van der Waals surface area contributed by atoms with Crippen LogP contribution < -0.4 is 5.73 Å². The lowest BCUT2D eigenvalue weighted by Crippen LogP contribution is -2.36. The van der Waals surface area contributed by atoms with Gasteiger partial charge in [0.15, 0.2) is 5.69 Å². The Labute approximate surface area is 112 Å². The second kappa shape index (κ2) is 7.10. The van der Waals surface area contributed by atoms with Crippen LogP contribution in [-0.4, -0.2) is 59.5 Å². The highest BCUT2D eigenvalue weighted by atomic mass is 16.5. The minimum Gasteiger partial charge on any atom is -0.395 e. The monoisotopic (exact) mass is 270 g/mol. The molecule has 1 rings (SSSR count). The number of aromatic amines is 1. The van der Waals surface area contributed by atoms with Crippen LogP contribution in [-0.2, 0) is 4.74 Å². The van der Waals surface area contributed by atoms with Gasteiger partial charge in [-0.05, 0) is 5.92 Å². The smallest absolute Gasteiger partial charge is 0.276 e. The van der Waals surface area contributed by atoms with Crippen molar-refractivity contribution in [1.29, 1.82) is 0 Å². The first-order chi connectivity index (χ1) is 9.02. The third kappa shape index (κ3) is 3.68. The molecule has 0 aromatic carbocycles. The van der Waals surface area contributed by atoms with Crippen molar-refractivity contribution in [1.82, 2.24) is 15.1 Å². The van der Waals surface area contributed by atoms with E-state index in [0.717, 1.165) is 5.69 Å². The number of nitrogen functional groups attached to an aromatic ring is 1. The van der Waals surface area contributed by atoms with Crippen LogP contribution in [0.15, 0.2) is 0 Å². The third-order valence-electron chi connectivity index (χ3n) is 2.84. The Morgan fingerprint density at radius 2 is 2.21 bits per heavy atom. The van der Waals surface area contributed by atoms with E-state index in [2.05, 4.69) is 10.2 Å². The molecule has 0 fully saturated rings. The number of amides is 1. The van der Waals surface area contributed by atoms with E-state index in [0.29, 0.717) is 18.8 Å². The molecule has 4 N–H and O–H groups in total. The highest BCUT2D eigenvalue weighted by molar-refractivity contribution is 5.97. The van der Waals surface area contributed by atoms with Crippen LogP contribution in [0.2, 0.25) is 0 Å². The number of carbonyl (C=O) groups excluding carboxylic acids is 1. The van der Waals surface area contributed by atoms with Crippen molar-refractivity contribution in [2.75, 3.05) is 39.1 Å². The van der Waals surface area contributed by atoms with E-state index in [1.165, 1.54) is 4.90 Å². The zero-order chi connectivity index (χ0) is 14.4. The van der Waals surface area contributed by atoms with Crippen molar-refractivity contribution in [3.63, 3.8) is 0 Å². The Balaban J connectivity index is 2.89. The molecule has 0 aliphatic carbocycles. The van der Waals surface area contributed by atoms with Crippen molar-refractivity contribution in [3.8, 4) is 0 Å². The molecule has 7 heteroatoms. The summed E-state index contributed by atoms with van der Waals surface area (Å²) in [7, 11) is 1.56. The van der Waals surface area contributed by atoms with Gasteiger partial charge in [-0.2, -0.15) is 5.10 Å². The number of nitrogens with one attached hydrogen (secondary N) is 1. The molecule has 1 heterocycles. The quantitative estimate of drug-likeness (QED) is 0.656. The lowest BCUT2D eigenvalue weighted by molar-refractivity contribution is 0.0652. The van der Waals surface area contributed by atoms with E-state index < -0.39 is 0 Å². The van der Waals surface area contributed by atoms with Gasteiger partial charge in [-0.15, -0.1) is 0 Å². The Morgan fingerprint density at radius 1 is 1.53 bits per heavy atom. The summed E-state index contributed by atoms with van der Waals surface area (Å²) < 4.78 is 4.94. The summed E-state index contributed by atoms with van der Waals surface area (Å²) in [5.74, 6) is -0.133. The Hall–Kier alpha value is -1.60. The molecule has 19 heavy (non-hydrogen) atoms. The maximum absolute atomic E-state index is 12.3. The van der Waals surface area contributed by atoms with E-state index in [-0.39, 0.29) is 30.7 Å². The molecule has 7 nitrogen and oxygen atoms in total. The van der Waals surface area contributed by atoms with E-state index in [1.807, 2.05) is 13.8 Å². The first kappa shape index (κ1) is 15.5. The average Bonchev–Trinajstić information content (AvgIpc) is 2.75. The summed E-state index contributed by atoms with van der Waals surface area (Å²) in [5.41, 5.74) is 7.26. The number of carbonyl (C=O) groups is 1. The molecular weight excluding hydrogens is 248 g/mol. The molecule has 1 aromatic heterocycles. The van der Waals surface area contributed by atoms with E-state index in [1.54, 1.807) is 7.11 Å².